The van der Waals surface area contributed by atoms with Gasteiger partial charge in [0.05, 0.1) is 11.6 Å². The molecule has 0 fully saturated rings. The number of aliphatic carboxylic acids is 1. The molecule has 0 heterocycles. The van der Waals surface area contributed by atoms with E-state index in [4.69, 9.17) is 5.11 Å². The van der Waals surface area contributed by atoms with Gasteiger partial charge in [-0.2, -0.15) is 0 Å². The first-order chi connectivity index (χ1) is 6.61. The Bertz CT molecular complexity index is 325. The van der Waals surface area contributed by atoms with Gasteiger partial charge < -0.3 is 15.5 Å². The van der Waals surface area contributed by atoms with Crippen molar-refractivity contribution >= 4 is 11.7 Å². The van der Waals surface area contributed by atoms with E-state index in [9.17, 15) is 9.90 Å². The first-order valence-electron chi connectivity index (χ1n) is 4.36. The number of hydrogen-bond acceptors (Lipinski definition) is 3. The van der Waals surface area contributed by atoms with E-state index in [1.54, 1.807) is 31.2 Å². The van der Waals surface area contributed by atoms with Gasteiger partial charge >= 0.3 is 5.97 Å². The van der Waals surface area contributed by atoms with E-state index in [0.717, 1.165) is 0 Å². The van der Waals surface area contributed by atoms with Crippen molar-refractivity contribution in [2.24, 2.45) is 5.92 Å². The smallest absolute Gasteiger partial charge is 0.308 e. The lowest BCUT2D eigenvalue weighted by Gasteiger charge is -2.10. The van der Waals surface area contributed by atoms with Crippen LogP contribution >= 0.6 is 0 Å². The second-order valence-electron chi connectivity index (χ2n) is 3.14. The average molecular weight is 195 g/mol. The largest absolute Gasteiger partial charge is 0.506 e. The summed E-state index contributed by atoms with van der Waals surface area (Å²) in [5, 5.41) is 20.8. The monoisotopic (exact) mass is 195 g/mol. The molecule has 0 unspecified atom stereocenters. The van der Waals surface area contributed by atoms with E-state index in [-0.39, 0.29) is 5.75 Å². The number of carbonyl (C=O) groups is 1. The number of rotatable bonds is 4. The number of carboxylic acids is 1. The number of nitrogens with one attached hydrogen (secondary N) is 1. The molecule has 76 valence electrons. The minimum absolute atomic E-state index is 0.130. The maximum atomic E-state index is 10.5. The summed E-state index contributed by atoms with van der Waals surface area (Å²) in [5.41, 5.74) is 0.556. The van der Waals surface area contributed by atoms with Crippen LogP contribution in [-0.4, -0.2) is 22.7 Å². The molecule has 1 aromatic carbocycles. The molecule has 4 heteroatoms. The van der Waals surface area contributed by atoms with Gasteiger partial charge in [0.2, 0.25) is 0 Å². The number of benzene rings is 1. The highest BCUT2D eigenvalue weighted by atomic mass is 16.4. The SMILES string of the molecule is C[C@H](CNc1ccccc1O)C(=O)O. The zero-order valence-corrected chi connectivity index (χ0v) is 7.90. The summed E-state index contributed by atoms with van der Waals surface area (Å²) >= 11 is 0. The fourth-order valence-electron chi connectivity index (χ4n) is 0.973. The molecule has 1 atom stereocenters. The van der Waals surface area contributed by atoms with E-state index >= 15 is 0 Å². The quantitative estimate of drug-likeness (QED) is 0.637. The molecule has 0 bridgehead atoms. The van der Waals surface area contributed by atoms with Crippen LogP contribution in [0, 0.1) is 5.92 Å². The summed E-state index contributed by atoms with van der Waals surface area (Å²) in [6.45, 7) is 1.90. The van der Waals surface area contributed by atoms with Crippen LogP contribution in [0.25, 0.3) is 0 Å². The summed E-state index contributed by atoms with van der Waals surface area (Å²) in [6, 6.07) is 6.73. The second kappa shape index (κ2) is 4.50. The standard InChI is InChI=1S/C10H13NO3/c1-7(10(13)14)6-11-8-4-2-3-5-9(8)12/h2-5,7,11-12H,6H2,1H3,(H,13,14)/t7-/m1/s1. The number of para-hydroxylation sites is 2. The van der Waals surface area contributed by atoms with Crippen LogP contribution in [0.5, 0.6) is 5.75 Å². The summed E-state index contributed by atoms with van der Waals surface area (Å²) in [4.78, 5) is 10.5. The van der Waals surface area contributed by atoms with Gasteiger partial charge in [0, 0.05) is 6.54 Å². The van der Waals surface area contributed by atoms with Gasteiger partial charge in [-0.1, -0.05) is 19.1 Å². The molecule has 0 saturated heterocycles. The first-order valence-corrected chi connectivity index (χ1v) is 4.36. The van der Waals surface area contributed by atoms with Gasteiger partial charge in [-0.05, 0) is 12.1 Å². The zero-order valence-electron chi connectivity index (χ0n) is 7.90. The minimum Gasteiger partial charge on any atom is -0.506 e. The normalized spacial score (nSPS) is 12.1. The van der Waals surface area contributed by atoms with Gasteiger partial charge in [0.15, 0.2) is 0 Å². The molecular formula is C10H13NO3. The van der Waals surface area contributed by atoms with Crippen LogP contribution in [0.2, 0.25) is 0 Å². The van der Waals surface area contributed by atoms with Crippen molar-refractivity contribution in [1.29, 1.82) is 0 Å². The molecule has 0 amide bonds. The fourth-order valence-corrected chi connectivity index (χ4v) is 0.973. The number of hydrogen-bond donors (Lipinski definition) is 3. The van der Waals surface area contributed by atoms with Crippen molar-refractivity contribution < 1.29 is 15.0 Å². The van der Waals surface area contributed by atoms with Crippen molar-refractivity contribution in [2.45, 2.75) is 6.92 Å². The molecule has 0 spiro atoms. The molecule has 3 N–H and O–H groups in total. The molecule has 14 heavy (non-hydrogen) atoms. The average Bonchev–Trinajstić information content (AvgIpc) is 2.16. The van der Waals surface area contributed by atoms with E-state index < -0.39 is 11.9 Å². The fraction of sp³-hybridized carbons (Fsp3) is 0.300. The van der Waals surface area contributed by atoms with Gasteiger partial charge in [0.25, 0.3) is 0 Å². The highest BCUT2D eigenvalue weighted by Crippen LogP contribution is 2.21. The molecule has 1 aromatic rings. The van der Waals surface area contributed by atoms with E-state index in [0.29, 0.717) is 12.2 Å². The topological polar surface area (TPSA) is 69.6 Å². The summed E-state index contributed by atoms with van der Waals surface area (Å²) in [7, 11) is 0. The molecule has 4 nitrogen and oxygen atoms in total. The number of aromatic hydroxyl groups is 1. The van der Waals surface area contributed by atoms with Crippen LogP contribution in [0.1, 0.15) is 6.92 Å². The van der Waals surface area contributed by atoms with Crippen molar-refractivity contribution in [3.8, 4) is 5.75 Å². The number of anilines is 1. The Morgan fingerprint density at radius 3 is 2.71 bits per heavy atom. The maximum absolute atomic E-state index is 10.5. The van der Waals surface area contributed by atoms with Gasteiger partial charge in [-0.25, -0.2) is 0 Å². The summed E-state index contributed by atoms with van der Waals surface area (Å²) < 4.78 is 0. The van der Waals surface area contributed by atoms with Crippen molar-refractivity contribution in [1.82, 2.24) is 0 Å². The Kier molecular flexibility index (Phi) is 3.34. The predicted octanol–water partition coefficient (Wildman–Crippen LogP) is 1.52. The molecular weight excluding hydrogens is 182 g/mol. The van der Waals surface area contributed by atoms with Crippen LogP contribution in [0.15, 0.2) is 24.3 Å². The Morgan fingerprint density at radius 1 is 1.50 bits per heavy atom. The Morgan fingerprint density at radius 2 is 2.14 bits per heavy atom. The van der Waals surface area contributed by atoms with E-state index in [2.05, 4.69) is 5.32 Å². The third-order valence-electron chi connectivity index (χ3n) is 1.92. The third-order valence-corrected chi connectivity index (χ3v) is 1.92. The van der Waals surface area contributed by atoms with E-state index in [1.165, 1.54) is 0 Å². The van der Waals surface area contributed by atoms with Gasteiger partial charge in [0.1, 0.15) is 5.75 Å². The predicted molar refractivity (Wildman–Crippen MR) is 53.4 cm³/mol. The van der Waals surface area contributed by atoms with Crippen LogP contribution in [0.3, 0.4) is 0 Å². The van der Waals surface area contributed by atoms with E-state index in [1.807, 2.05) is 0 Å². The summed E-state index contributed by atoms with van der Waals surface area (Å²) in [5.74, 6) is -1.20. The Labute approximate surface area is 82.2 Å². The zero-order chi connectivity index (χ0) is 10.6. The summed E-state index contributed by atoms with van der Waals surface area (Å²) in [6.07, 6.45) is 0. The third kappa shape index (κ3) is 2.65. The molecule has 0 aliphatic rings. The number of phenolic OH excluding ortho intramolecular Hbond substituents is 1. The minimum atomic E-state index is -0.854. The highest BCUT2D eigenvalue weighted by Gasteiger charge is 2.10. The molecule has 0 aliphatic heterocycles. The number of phenols is 1. The Balaban J connectivity index is 2.54. The van der Waals surface area contributed by atoms with Crippen LogP contribution < -0.4 is 5.32 Å². The molecule has 1 rings (SSSR count). The number of carboxylic acid groups (broad SMARTS) is 1. The van der Waals surface area contributed by atoms with Crippen molar-refractivity contribution in [3.63, 3.8) is 0 Å². The molecule has 0 aliphatic carbocycles. The highest BCUT2D eigenvalue weighted by molar-refractivity contribution is 5.70. The van der Waals surface area contributed by atoms with Crippen LogP contribution in [0.4, 0.5) is 5.69 Å². The lowest BCUT2D eigenvalue weighted by molar-refractivity contribution is -0.140. The van der Waals surface area contributed by atoms with Crippen molar-refractivity contribution in [3.05, 3.63) is 24.3 Å². The Hall–Kier alpha value is -1.71. The molecule has 0 aromatic heterocycles. The molecule has 0 radical (unpaired) electrons. The second-order valence-corrected chi connectivity index (χ2v) is 3.14. The van der Waals surface area contributed by atoms with Gasteiger partial charge in [-0.15, -0.1) is 0 Å². The lowest BCUT2D eigenvalue weighted by Crippen LogP contribution is -2.19. The van der Waals surface area contributed by atoms with Crippen LogP contribution in [-0.2, 0) is 4.79 Å². The lowest BCUT2D eigenvalue weighted by atomic mass is 10.2. The first kappa shape index (κ1) is 10.4. The van der Waals surface area contributed by atoms with Crippen molar-refractivity contribution in [2.75, 3.05) is 11.9 Å². The molecule has 0 saturated carbocycles. The van der Waals surface area contributed by atoms with Gasteiger partial charge in [-0.3, -0.25) is 4.79 Å². The maximum Gasteiger partial charge on any atom is 0.308 e.